The summed E-state index contributed by atoms with van der Waals surface area (Å²) >= 11 is 0. The van der Waals surface area contributed by atoms with Gasteiger partial charge in [0, 0.05) is 19.1 Å². The smallest absolute Gasteiger partial charge is 0.234 e. The van der Waals surface area contributed by atoms with Crippen molar-refractivity contribution < 1.29 is 9.53 Å². The first kappa shape index (κ1) is 20.3. The van der Waals surface area contributed by atoms with Crippen molar-refractivity contribution in [3.05, 3.63) is 35.4 Å². The molecule has 1 saturated carbocycles. The Morgan fingerprint density at radius 3 is 2.48 bits per heavy atom. The molecule has 3 rings (SSSR count). The Hall–Kier alpha value is -1.39. The van der Waals surface area contributed by atoms with E-state index in [4.69, 9.17) is 4.74 Å². The van der Waals surface area contributed by atoms with Crippen molar-refractivity contribution in [2.24, 2.45) is 0 Å². The molecule has 0 aromatic heterocycles. The van der Waals surface area contributed by atoms with E-state index < -0.39 is 0 Å². The molecule has 1 N–H and O–H groups in total. The zero-order valence-electron chi connectivity index (χ0n) is 17.1. The molecule has 1 saturated heterocycles. The minimum absolute atomic E-state index is 0.141. The summed E-state index contributed by atoms with van der Waals surface area (Å²) in [6, 6.07) is 8.56. The summed E-state index contributed by atoms with van der Waals surface area (Å²) in [6.45, 7) is 6.67. The van der Waals surface area contributed by atoms with Crippen LogP contribution in [-0.4, -0.2) is 48.7 Å². The van der Waals surface area contributed by atoms with Crippen LogP contribution >= 0.6 is 0 Å². The second-order valence-electron chi connectivity index (χ2n) is 8.47. The summed E-state index contributed by atoms with van der Waals surface area (Å²) < 4.78 is 6.30. The number of aryl methyl sites for hydroxylation is 1. The highest BCUT2D eigenvalue weighted by Crippen LogP contribution is 2.24. The number of piperidine rings is 1. The van der Waals surface area contributed by atoms with Gasteiger partial charge in [0.15, 0.2) is 0 Å². The normalized spacial score (nSPS) is 21.1. The number of ether oxygens (including phenoxy) is 1. The van der Waals surface area contributed by atoms with Gasteiger partial charge in [0.25, 0.3) is 0 Å². The number of carbonyl (C=O) groups is 1. The SMILES string of the molecule is Cc1ccccc1CC(C)NC(=O)CN1CCC(OC2CCCCC2)CC1. The van der Waals surface area contributed by atoms with Gasteiger partial charge in [-0.05, 0) is 57.1 Å². The third-order valence-corrected chi connectivity index (χ3v) is 6.03. The molecule has 0 radical (unpaired) electrons. The number of carbonyl (C=O) groups excluding carboxylic acids is 1. The zero-order valence-corrected chi connectivity index (χ0v) is 17.1. The number of likely N-dealkylation sites (tertiary alicyclic amines) is 1. The fraction of sp³-hybridized carbons (Fsp3) is 0.696. The van der Waals surface area contributed by atoms with E-state index in [1.165, 1.54) is 43.2 Å². The van der Waals surface area contributed by atoms with Gasteiger partial charge in [0.05, 0.1) is 18.8 Å². The highest BCUT2D eigenvalue weighted by molar-refractivity contribution is 5.78. The molecule has 2 fully saturated rings. The van der Waals surface area contributed by atoms with Gasteiger partial charge in [-0.15, -0.1) is 0 Å². The van der Waals surface area contributed by atoms with E-state index in [0.717, 1.165) is 32.4 Å². The summed E-state index contributed by atoms with van der Waals surface area (Å²) in [6.07, 6.45) is 10.4. The summed E-state index contributed by atoms with van der Waals surface area (Å²) in [7, 11) is 0. The molecule has 1 aliphatic heterocycles. The van der Waals surface area contributed by atoms with E-state index in [2.05, 4.69) is 48.3 Å². The number of hydrogen-bond donors (Lipinski definition) is 1. The molecule has 1 aromatic carbocycles. The van der Waals surface area contributed by atoms with Crippen molar-refractivity contribution >= 4 is 5.91 Å². The molecule has 150 valence electrons. The average molecular weight is 373 g/mol. The first-order valence-electron chi connectivity index (χ1n) is 10.8. The van der Waals surface area contributed by atoms with Crippen molar-refractivity contribution in [2.45, 2.75) is 83.5 Å². The van der Waals surface area contributed by atoms with Gasteiger partial charge in [-0.2, -0.15) is 0 Å². The molecule has 0 bridgehead atoms. The predicted octanol–water partition coefficient (Wildman–Crippen LogP) is 3.86. The Morgan fingerprint density at radius 2 is 1.78 bits per heavy atom. The van der Waals surface area contributed by atoms with Crippen LogP contribution in [0, 0.1) is 6.92 Å². The van der Waals surface area contributed by atoms with Crippen LogP contribution in [0.3, 0.4) is 0 Å². The summed E-state index contributed by atoms with van der Waals surface area (Å²) in [5.41, 5.74) is 2.60. The lowest BCUT2D eigenvalue weighted by Gasteiger charge is -2.34. The number of nitrogens with one attached hydrogen (secondary N) is 1. The lowest BCUT2D eigenvalue weighted by Crippen LogP contribution is -2.46. The molecule has 1 aliphatic carbocycles. The van der Waals surface area contributed by atoms with Crippen molar-refractivity contribution in [1.82, 2.24) is 10.2 Å². The minimum Gasteiger partial charge on any atom is -0.375 e. The van der Waals surface area contributed by atoms with Crippen LogP contribution < -0.4 is 5.32 Å². The van der Waals surface area contributed by atoms with Gasteiger partial charge in [0.1, 0.15) is 0 Å². The average Bonchev–Trinajstić information content (AvgIpc) is 2.66. The van der Waals surface area contributed by atoms with E-state index in [1.54, 1.807) is 0 Å². The molecule has 1 amide bonds. The Bertz CT molecular complexity index is 590. The first-order chi connectivity index (χ1) is 13.1. The van der Waals surface area contributed by atoms with E-state index in [-0.39, 0.29) is 11.9 Å². The molecule has 1 atom stereocenters. The monoisotopic (exact) mass is 372 g/mol. The topological polar surface area (TPSA) is 41.6 Å². The number of nitrogens with zero attached hydrogens (tertiary/aromatic N) is 1. The van der Waals surface area contributed by atoms with Crippen molar-refractivity contribution in [1.29, 1.82) is 0 Å². The van der Waals surface area contributed by atoms with Gasteiger partial charge in [-0.25, -0.2) is 0 Å². The largest absolute Gasteiger partial charge is 0.375 e. The molecular formula is C23H36N2O2. The van der Waals surface area contributed by atoms with Crippen LogP contribution in [0.4, 0.5) is 0 Å². The lowest BCUT2D eigenvalue weighted by atomic mass is 9.97. The number of rotatable bonds is 7. The second kappa shape index (κ2) is 10.2. The molecule has 27 heavy (non-hydrogen) atoms. The minimum atomic E-state index is 0.141. The van der Waals surface area contributed by atoms with Crippen LogP contribution in [0.5, 0.6) is 0 Å². The molecule has 1 unspecified atom stereocenters. The molecule has 4 nitrogen and oxygen atoms in total. The molecule has 2 aliphatic rings. The van der Waals surface area contributed by atoms with Gasteiger partial charge in [-0.1, -0.05) is 43.5 Å². The first-order valence-corrected chi connectivity index (χ1v) is 10.8. The number of hydrogen-bond acceptors (Lipinski definition) is 3. The van der Waals surface area contributed by atoms with E-state index in [0.29, 0.717) is 18.8 Å². The van der Waals surface area contributed by atoms with E-state index in [9.17, 15) is 4.79 Å². The molecule has 1 heterocycles. The number of amides is 1. The Labute approximate surface area is 164 Å². The quantitative estimate of drug-likeness (QED) is 0.790. The van der Waals surface area contributed by atoms with Crippen molar-refractivity contribution in [3.8, 4) is 0 Å². The Kier molecular flexibility index (Phi) is 7.71. The molecule has 1 aromatic rings. The maximum atomic E-state index is 12.4. The fourth-order valence-corrected chi connectivity index (χ4v) is 4.42. The molecule has 0 spiro atoms. The predicted molar refractivity (Wildman–Crippen MR) is 110 cm³/mol. The van der Waals surface area contributed by atoms with E-state index >= 15 is 0 Å². The third kappa shape index (κ3) is 6.62. The fourth-order valence-electron chi connectivity index (χ4n) is 4.42. The van der Waals surface area contributed by atoms with Crippen LogP contribution in [0.1, 0.15) is 63.0 Å². The van der Waals surface area contributed by atoms with Gasteiger partial charge < -0.3 is 10.1 Å². The summed E-state index contributed by atoms with van der Waals surface area (Å²) in [5, 5.41) is 3.17. The Balaban J connectivity index is 1.34. The standard InChI is InChI=1S/C23H36N2O2/c1-18-8-6-7-9-20(18)16-19(2)24-23(26)17-25-14-12-22(13-15-25)27-21-10-4-3-5-11-21/h6-9,19,21-22H,3-5,10-17H2,1-2H3,(H,24,26). The van der Waals surface area contributed by atoms with Crippen molar-refractivity contribution in [2.75, 3.05) is 19.6 Å². The van der Waals surface area contributed by atoms with Gasteiger partial charge in [0.2, 0.25) is 5.91 Å². The molecule has 4 heteroatoms. The Morgan fingerprint density at radius 1 is 1.11 bits per heavy atom. The van der Waals surface area contributed by atoms with Crippen LogP contribution in [0.25, 0.3) is 0 Å². The second-order valence-corrected chi connectivity index (χ2v) is 8.47. The van der Waals surface area contributed by atoms with Gasteiger partial charge >= 0.3 is 0 Å². The maximum Gasteiger partial charge on any atom is 0.234 e. The lowest BCUT2D eigenvalue weighted by molar-refractivity contribution is -0.124. The highest BCUT2D eigenvalue weighted by atomic mass is 16.5. The third-order valence-electron chi connectivity index (χ3n) is 6.03. The van der Waals surface area contributed by atoms with Gasteiger partial charge in [-0.3, -0.25) is 9.69 Å². The summed E-state index contributed by atoms with van der Waals surface area (Å²) in [5.74, 6) is 0.141. The number of benzene rings is 1. The van der Waals surface area contributed by atoms with Crippen LogP contribution in [-0.2, 0) is 16.0 Å². The zero-order chi connectivity index (χ0) is 19.1. The summed E-state index contributed by atoms with van der Waals surface area (Å²) in [4.78, 5) is 14.7. The van der Waals surface area contributed by atoms with Crippen LogP contribution in [0.15, 0.2) is 24.3 Å². The van der Waals surface area contributed by atoms with Crippen molar-refractivity contribution in [3.63, 3.8) is 0 Å². The molecular weight excluding hydrogens is 336 g/mol. The van der Waals surface area contributed by atoms with Crippen LogP contribution in [0.2, 0.25) is 0 Å². The maximum absolute atomic E-state index is 12.4. The van der Waals surface area contributed by atoms with E-state index in [1.807, 2.05) is 0 Å². The highest BCUT2D eigenvalue weighted by Gasteiger charge is 2.25.